The van der Waals surface area contributed by atoms with E-state index in [2.05, 4.69) is 15.2 Å². The molecule has 3 aromatic rings. The number of fused-ring (bicyclic) bond motifs is 1. The van der Waals surface area contributed by atoms with Gasteiger partial charge in [0.25, 0.3) is 0 Å². The van der Waals surface area contributed by atoms with E-state index in [0.717, 1.165) is 31.0 Å². The molecule has 0 bridgehead atoms. The molecule has 10 heteroatoms. The van der Waals surface area contributed by atoms with Crippen LogP contribution in [0.1, 0.15) is 35.1 Å². The van der Waals surface area contributed by atoms with E-state index in [-0.39, 0.29) is 17.8 Å². The summed E-state index contributed by atoms with van der Waals surface area (Å²) in [4.78, 5) is 21.1. The van der Waals surface area contributed by atoms with Crippen molar-refractivity contribution < 1.29 is 18.3 Å². The molecule has 1 saturated heterocycles. The number of carbonyl (C=O) groups excluding carboxylic acids is 1. The van der Waals surface area contributed by atoms with Crippen LogP contribution in [0.5, 0.6) is 5.88 Å². The smallest absolute Gasteiger partial charge is 0.322 e. The lowest BCUT2D eigenvalue weighted by Gasteiger charge is -2.41. The first-order valence-corrected chi connectivity index (χ1v) is 12.1. The topological polar surface area (TPSA) is 108 Å². The Labute approximate surface area is 213 Å². The average molecular weight is 507 g/mol. The first kappa shape index (κ1) is 24.6. The number of likely N-dealkylation sites (tertiary alicyclic amines) is 1. The van der Waals surface area contributed by atoms with E-state index in [4.69, 9.17) is 15.9 Å². The van der Waals surface area contributed by atoms with Gasteiger partial charge in [0.05, 0.1) is 12.8 Å². The van der Waals surface area contributed by atoms with Crippen molar-refractivity contribution in [2.75, 3.05) is 31.2 Å². The number of rotatable bonds is 6. The molecule has 5 rings (SSSR count). The summed E-state index contributed by atoms with van der Waals surface area (Å²) in [6.07, 6.45) is 3.24. The van der Waals surface area contributed by atoms with Gasteiger partial charge in [0, 0.05) is 72.1 Å². The summed E-state index contributed by atoms with van der Waals surface area (Å²) in [5.74, 6) is -0.707. The predicted molar refractivity (Wildman–Crippen MR) is 137 cm³/mol. The summed E-state index contributed by atoms with van der Waals surface area (Å²) in [7, 11) is 1.53. The van der Waals surface area contributed by atoms with Gasteiger partial charge < -0.3 is 20.7 Å². The van der Waals surface area contributed by atoms with Crippen molar-refractivity contribution in [3.63, 3.8) is 0 Å². The molecule has 0 saturated carbocycles. The predicted octanol–water partition coefficient (Wildman–Crippen LogP) is 4.38. The lowest BCUT2D eigenvalue weighted by atomic mass is 9.96. The molecule has 2 aliphatic heterocycles. The highest BCUT2D eigenvalue weighted by atomic mass is 19.1. The normalized spacial score (nSPS) is 17.8. The number of carbonyl (C=O) groups is 1. The maximum atomic E-state index is 14.2. The number of amides is 2. The van der Waals surface area contributed by atoms with Crippen LogP contribution in [0.15, 0.2) is 48.7 Å². The average Bonchev–Trinajstić information content (AvgIpc) is 2.89. The van der Waals surface area contributed by atoms with Crippen molar-refractivity contribution in [3.05, 3.63) is 82.5 Å². The van der Waals surface area contributed by atoms with Crippen LogP contribution in [-0.4, -0.2) is 52.8 Å². The Morgan fingerprint density at radius 3 is 2.81 bits per heavy atom. The molecule has 0 aliphatic carbocycles. The minimum atomic E-state index is -0.599. The zero-order valence-corrected chi connectivity index (χ0v) is 20.4. The quantitative estimate of drug-likeness (QED) is 0.340. The van der Waals surface area contributed by atoms with Crippen molar-refractivity contribution in [3.8, 4) is 5.88 Å². The van der Waals surface area contributed by atoms with Gasteiger partial charge in [-0.3, -0.25) is 10.3 Å². The lowest BCUT2D eigenvalue weighted by molar-refractivity contribution is 0.107. The van der Waals surface area contributed by atoms with Crippen LogP contribution < -0.4 is 15.8 Å². The SMILES string of the molecule is COc1ccc(C(=N)c2cc3c(cc2N)NC(=O)N([C@H]2CCCN(Cc4ccc(F)cc4F)C2)C3)cn1. The molecular formula is C27H28F2N6O2. The number of aromatic nitrogens is 1. The molecule has 2 aromatic carbocycles. The number of ether oxygens (including phenoxy) is 1. The number of hydrogen-bond acceptors (Lipinski definition) is 6. The summed E-state index contributed by atoms with van der Waals surface area (Å²) >= 11 is 0. The summed E-state index contributed by atoms with van der Waals surface area (Å²) in [5.41, 5.74) is 9.95. The van der Waals surface area contributed by atoms with Gasteiger partial charge in [-0.2, -0.15) is 0 Å². The van der Waals surface area contributed by atoms with E-state index in [1.54, 1.807) is 29.3 Å². The van der Waals surface area contributed by atoms with E-state index in [0.29, 0.717) is 53.6 Å². The first-order valence-electron chi connectivity index (χ1n) is 12.1. The molecule has 192 valence electrons. The Morgan fingerprint density at radius 1 is 1.24 bits per heavy atom. The molecule has 8 nitrogen and oxygen atoms in total. The van der Waals surface area contributed by atoms with Crippen LogP contribution >= 0.6 is 0 Å². The molecular weight excluding hydrogens is 478 g/mol. The van der Waals surface area contributed by atoms with Gasteiger partial charge in [-0.15, -0.1) is 0 Å². The van der Waals surface area contributed by atoms with Crippen molar-refractivity contribution in [2.24, 2.45) is 0 Å². The van der Waals surface area contributed by atoms with Gasteiger partial charge >= 0.3 is 6.03 Å². The highest BCUT2D eigenvalue weighted by Crippen LogP contribution is 2.32. The zero-order valence-electron chi connectivity index (χ0n) is 20.4. The second kappa shape index (κ2) is 10.1. The van der Waals surface area contributed by atoms with Crippen LogP contribution in [0.25, 0.3) is 0 Å². The molecule has 0 unspecified atom stereocenters. The number of methoxy groups -OCH3 is 1. The summed E-state index contributed by atoms with van der Waals surface area (Å²) in [5, 5.41) is 11.6. The van der Waals surface area contributed by atoms with Gasteiger partial charge in [-0.1, -0.05) is 6.07 Å². The van der Waals surface area contributed by atoms with Gasteiger partial charge in [-0.25, -0.2) is 18.6 Å². The van der Waals surface area contributed by atoms with Crippen molar-refractivity contribution in [1.82, 2.24) is 14.8 Å². The minimum Gasteiger partial charge on any atom is -0.481 e. The van der Waals surface area contributed by atoms with Crippen molar-refractivity contribution in [1.29, 1.82) is 5.41 Å². The van der Waals surface area contributed by atoms with Gasteiger partial charge in [0.15, 0.2) is 0 Å². The molecule has 37 heavy (non-hydrogen) atoms. The monoisotopic (exact) mass is 506 g/mol. The fourth-order valence-corrected chi connectivity index (χ4v) is 4.99. The third-order valence-electron chi connectivity index (χ3n) is 6.95. The third kappa shape index (κ3) is 5.10. The fraction of sp³-hybridized carbons (Fsp3) is 0.296. The van der Waals surface area contributed by atoms with Crippen molar-refractivity contribution >= 4 is 23.1 Å². The molecule has 0 radical (unpaired) electrons. The highest BCUT2D eigenvalue weighted by Gasteiger charge is 2.33. The third-order valence-corrected chi connectivity index (χ3v) is 6.95. The number of piperidine rings is 1. The van der Waals surface area contributed by atoms with E-state index in [1.807, 2.05) is 6.07 Å². The van der Waals surface area contributed by atoms with E-state index in [9.17, 15) is 13.6 Å². The van der Waals surface area contributed by atoms with Crippen molar-refractivity contribution in [2.45, 2.75) is 32.0 Å². The van der Waals surface area contributed by atoms with Crippen LogP contribution in [0.3, 0.4) is 0 Å². The number of nitrogens with zero attached hydrogens (tertiary/aromatic N) is 3. The Bertz CT molecular complexity index is 1350. The van der Waals surface area contributed by atoms with Crippen LogP contribution in [-0.2, 0) is 13.1 Å². The minimum absolute atomic E-state index is 0.0725. The number of nitrogen functional groups attached to an aromatic ring is 1. The number of halogens is 2. The second-order valence-electron chi connectivity index (χ2n) is 9.39. The highest BCUT2D eigenvalue weighted by molar-refractivity contribution is 6.14. The number of urea groups is 1. The van der Waals surface area contributed by atoms with Crippen LogP contribution in [0, 0.1) is 17.0 Å². The number of nitrogens with two attached hydrogens (primary N) is 1. The second-order valence-corrected chi connectivity index (χ2v) is 9.39. The van der Waals surface area contributed by atoms with Crippen LogP contribution in [0.4, 0.5) is 25.0 Å². The van der Waals surface area contributed by atoms with Gasteiger partial charge in [0.2, 0.25) is 5.88 Å². The van der Waals surface area contributed by atoms with Gasteiger partial charge in [-0.05, 0) is 49.2 Å². The summed E-state index contributed by atoms with van der Waals surface area (Å²) in [6.45, 7) is 2.07. The van der Waals surface area contributed by atoms with E-state index < -0.39 is 11.6 Å². The first-order chi connectivity index (χ1) is 17.8. The molecule has 2 amide bonds. The number of nitrogens with one attached hydrogen (secondary N) is 2. The van der Waals surface area contributed by atoms with E-state index in [1.165, 1.54) is 19.2 Å². The molecule has 4 N–H and O–H groups in total. The molecule has 2 aliphatic rings. The number of hydrogen-bond donors (Lipinski definition) is 3. The summed E-state index contributed by atoms with van der Waals surface area (Å²) in [6, 6.07) is 10.3. The number of anilines is 2. The Morgan fingerprint density at radius 2 is 2.08 bits per heavy atom. The molecule has 3 heterocycles. The van der Waals surface area contributed by atoms with E-state index >= 15 is 0 Å². The van der Waals surface area contributed by atoms with Crippen LogP contribution in [0.2, 0.25) is 0 Å². The molecule has 1 aromatic heterocycles. The number of pyridine rings is 1. The maximum Gasteiger partial charge on any atom is 0.322 e. The lowest BCUT2D eigenvalue weighted by Crippen LogP contribution is -2.52. The maximum absolute atomic E-state index is 14.2. The fourth-order valence-electron chi connectivity index (χ4n) is 4.99. The van der Waals surface area contributed by atoms with Gasteiger partial charge in [0.1, 0.15) is 11.6 Å². The molecule has 0 spiro atoms. The number of benzene rings is 2. The Balaban J connectivity index is 1.33. The Kier molecular flexibility index (Phi) is 6.75. The molecule has 1 fully saturated rings. The summed E-state index contributed by atoms with van der Waals surface area (Å²) < 4.78 is 32.6. The standard InChI is InChI=1S/C27H28F2N6O2/c1-37-25-7-5-16(12-32-25)26(31)21-9-18-14-35(27(36)33-24(18)11-23(21)30)20-3-2-8-34(15-20)13-17-4-6-19(28)10-22(17)29/h4-7,9-12,20,31H,2-3,8,13-15,30H2,1H3,(H,33,36)/t20-/m0/s1. The zero-order chi connectivity index (χ0) is 26.1. The Hall–Kier alpha value is -4.05. The molecule has 1 atom stereocenters. The largest absolute Gasteiger partial charge is 0.481 e.